The minimum atomic E-state index is 0.0119. The predicted molar refractivity (Wildman–Crippen MR) is 150 cm³/mol. The van der Waals surface area contributed by atoms with Gasteiger partial charge < -0.3 is 20.3 Å². The lowest BCUT2D eigenvalue weighted by molar-refractivity contribution is -0.131. The highest BCUT2D eigenvalue weighted by Gasteiger charge is 2.20. The van der Waals surface area contributed by atoms with E-state index in [4.69, 9.17) is 10.5 Å². The molecule has 3 N–H and O–H groups in total. The molecule has 1 amide bonds. The first kappa shape index (κ1) is 29.9. The van der Waals surface area contributed by atoms with Crippen LogP contribution in [0.4, 0.5) is 0 Å². The Labute approximate surface area is 221 Å². The van der Waals surface area contributed by atoms with Crippen molar-refractivity contribution in [3.63, 3.8) is 0 Å². The zero-order chi connectivity index (χ0) is 25.3. The van der Waals surface area contributed by atoms with E-state index in [1.807, 2.05) is 54.3 Å². The van der Waals surface area contributed by atoms with E-state index in [9.17, 15) is 4.79 Å². The number of rotatable bonds is 9. The summed E-state index contributed by atoms with van der Waals surface area (Å²) in [5.41, 5.74) is 10.9. The van der Waals surface area contributed by atoms with Crippen LogP contribution in [0.25, 0.3) is 6.08 Å². The molecule has 1 aromatic rings. The van der Waals surface area contributed by atoms with Crippen molar-refractivity contribution < 1.29 is 9.53 Å². The number of carbonyl (C=O) groups excluding carboxylic acids is 1. The molecule has 1 fully saturated rings. The highest BCUT2D eigenvalue weighted by molar-refractivity contribution is 9.12. The Hall–Kier alpha value is -2.10. The first-order valence-electron chi connectivity index (χ1n) is 11.2. The van der Waals surface area contributed by atoms with Crippen molar-refractivity contribution in [3.05, 3.63) is 64.3 Å². The third kappa shape index (κ3) is 12.4. The van der Waals surface area contributed by atoms with Gasteiger partial charge in [-0.3, -0.25) is 10.2 Å². The molecule has 0 aromatic heterocycles. The highest BCUT2D eigenvalue weighted by atomic mass is 79.9. The van der Waals surface area contributed by atoms with Crippen LogP contribution < -0.4 is 11.2 Å². The van der Waals surface area contributed by atoms with Gasteiger partial charge in [-0.05, 0) is 54.4 Å². The summed E-state index contributed by atoms with van der Waals surface area (Å²) in [6.45, 7) is 9.88. The maximum absolute atomic E-state index is 12.4. The molecule has 0 radical (unpaired) electrons. The van der Waals surface area contributed by atoms with E-state index in [1.165, 1.54) is 5.70 Å². The van der Waals surface area contributed by atoms with Crippen molar-refractivity contribution in [1.29, 1.82) is 0 Å². The van der Waals surface area contributed by atoms with Crippen LogP contribution in [-0.4, -0.2) is 72.8 Å². The molecule has 1 aromatic carbocycles. The molecule has 1 heterocycles. The van der Waals surface area contributed by atoms with Gasteiger partial charge in [-0.15, -0.1) is 0 Å². The number of piperazine rings is 1. The second kappa shape index (κ2) is 17.4. The predicted octanol–water partition coefficient (Wildman–Crippen LogP) is 4.32. The lowest BCUT2D eigenvalue weighted by Crippen LogP contribution is -2.49. The van der Waals surface area contributed by atoms with E-state index >= 15 is 0 Å². The second-order valence-corrected chi connectivity index (χ2v) is 9.91. The third-order valence-corrected chi connectivity index (χ3v) is 5.84. The van der Waals surface area contributed by atoms with Crippen molar-refractivity contribution in [2.24, 2.45) is 10.8 Å². The Balaban J connectivity index is 0.000000852. The summed E-state index contributed by atoms with van der Waals surface area (Å²) in [6.07, 6.45) is 8.04. The summed E-state index contributed by atoms with van der Waals surface area (Å²) < 4.78 is 5.73. The number of hydrazone groups is 1. The summed E-state index contributed by atoms with van der Waals surface area (Å²) >= 11 is 6.76. The Kier molecular flexibility index (Phi) is 15.3. The molecule has 9 heteroatoms. The number of benzene rings is 1. The quantitative estimate of drug-likeness (QED) is 0.145. The van der Waals surface area contributed by atoms with Gasteiger partial charge in [0.25, 0.3) is 0 Å². The van der Waals surface area contributed by atoms with E-state index < -0.39 is 0 Å². The SMILES string of the molecule is C/C=C\C(C)Br.COC/C=C(\C)N1CCN(C(=O)CN/N=C(N)\C(Br)=C\c2ccccc2)CC1. The number of alkyl halides is 1. The number of methoxy groups -OCH3 is 1. The zero-order valence-electron chi connectivity index (χ0n) is 20.5. The highest BCUT2D eigenvalue weighted by Crippen LogP contribution is 2.12. The number of halogens is 2. The van der Waals surface area contributed by atoms with E-state index in [1.54, 1.807) is 7.11 Å². The fraction of sp³-hybridized carbons (Fsp3) is 0.440. The normalized spacial score (nSPS) is 16.2. The molecule has 1 atom stereocenters. The smallest absolute Gasteiger partial charge is 0.243 e. The number of amides is 1. The van der Waals surface area contributed by atoms with Gasteiger partial charge >= 0.3 is 0 Å². The molecule has 1 aliphatic heterocycles. The molecule has 0 saturated carbocycles. The topological polar surface area (TPSA) is 83.2 Å². The average Bonchev–Trinajstić information content (AvgIpc) is 2.83. The molecule has 0 spiro atoms. The van der Waals surface area contributed by atoms with Gasteiger partial charge in [0.1, 0.15) is 6.54 Å². The minimum absolute atomic E-state index is 0.0119. The number of nitrogens with one attached hydrogen (secondary N) is 1. The monoisotopic (exact) mass is 597 g/mol. The van der Waals surface area contributed by atoms with Crippen molar-refractivity contribution in [3.8, 4) is 0 Å². The van der Waals surface area contributed by atoms with Gasteiger partial charge in [0.05, 0.1) is 11.1 Å². The number of hydrogen-bond donors (Lipinski definition) is 2. The van der Waals surface area contributed by atoms with E-state index in [0.717, 1.165) is 18.7 Å². The molecule has 2 rings (SSSR count). The molecule has 0 aliphatic carbocycles. The summed E-state index contributed by atoms with van der Waals surface area (Å²) in [5, 5.41) is 4.08. The van der Waals surface area contributed by atoms with Crippen LogP contribution in [0.3, 0.4) is 0 Å². The second-order valence-electron chi connectivity index (χ2n) is 7.61. The van der Waals surface area contributed by atoms with Gasteiger partial charge in [0.2, 0.25) is 5.91 Å². The van der Waals surface area contributed by atoms with Crippen molar-refractivity contribution in [2.45, 2.75) is 25.6 Å². The van der Waals surface area contributed by atoms with Crippen LogP contribution >= 0.6 is 31.9 Å². The van der Waals surface area contributed by atoms with Crippen molar-refractivity contribution >= 4 is 49.7 Å². The Morgan fingerprint density at radius 1 is 1.24 bits per heavy atom. The summed E-state index contributed by atoms with van der Waals surface area (Å²) in [5.74, 6) is 0.304. The summed E-state index contributed by atoms with van der Waals surface area (Å²) in [4.78, 5) is 17.0. The summed E-state index contributed by atoms with van der Waals surface area (Å²) in [7, 11) is 1.68. The number of nitrogens with two attached hydrogens (primary N) is 1. The maximum Gasteiger partial charge on any atom is 0.243 e. The van der Waals surface area contributed by atoms with Crippen LogP contribution in [0.15, 0.2) is 63.8 Å². The molecular formula is C25H37Br2N5O2. The lowest BCUT2D eigenvalue weighted by atomic mass is 10.2. The van der Waals surface area contributed by atoms with Crippen LogP contribution in [0, 0.1) is 0 Å². The molecule has 1 aliphatic rings. The zero-order valence-corrected chi connectivity index (χ0v) is 23.7. The van der Waals surface area contributed by atoms with Crippen molar-refractivity contribution in [1.82, 2.24) is 15.2 Å². The molecule has 0 bridgehead atoms. The minimum Gasteiger partial charge on any atom is -0.381 e. The van der Waals surface area contributed by atoms with Crippen LogP contribution in [0.1, 0.15) is 26.3 Å². The van der Waals surface area contributed by atoms with Crippen LogP contribution in [-0.2, 0) is 9.53 Å². The fourth-order valence-electron chi connectivity index (χ4n) is 3.03. The van der Waals surface area contributed by atoms with Crippen molar-refractivity contribution in [2.75, 3.05) is 46.4 Å². The van der Waals surface area contributed by atoms with Gasteiger partial charge in [0.15, 0.2) is 5.84 Å². The molecule has 1 saturated heterocycles. The molecule has 7 nitrogen and oxygen atoms in total. The number of hydrogen-bond acceptors (Lipinski definition) is 5. The first-order chi connectivity index (χ1) is 16.3. The molecule has 1 unspecified atom stereocenters. The Bertz CT molecular complexity index is 846. The number of carbonyl (C=O) groups is 1. The van der Waals surface area contributed by atoms with Gasteiger partial charge in [0, 0.05) is 43.8 Å². The third-order valence-electron chi connectivity index (χ3n) is 4.90. The number of allylic oxidation sites excluding steroid dienone is 3. The maximum atomic E-state index is 12.4. The molecular weight excluding hydrogens is 562 g/mol. The summed E-state index contributed by atoms with van der Waals surface area (Å²) in [6, 6.07) is 9.79. The molecule has 34 heavy (non-hydrogen) atoms. The van der Waals surface area contributed by atoms with Gasteiger partial charge in [-0.25, -0.2) is 0 Å². The van der Waals surface area contributed by atoms with Gasteiger partial charge in [-0.1, -0.05) is 58.4 Å². The van der Waals surface area contributed by atoms with Gasteiger partial charge in [-0.2, -0.15) is 5.10 Å². The van der Waals surface area contributed by atoms with E-state index in [-0.39, 0.29) is 12.5 Å². The number of nitrogens with zero attached hydrogens (tertiary/aromatic N) is 3. The van der Waals surface area contributed by atoms with E-state index in [2.05, 4.69) is 73.3 Å². The number of ether oxygens (including phenoxy) is 1. The first-order valence-corrected chi connectivity index (χ1v) is 12.9. The number of amidine groups is 1. The van der Waals surface area contributed by atoms with Crippen LogP contribution in [0.2, 0.25) is 0 Å². The molecule has 188 valence electrons. The fourth-order valence-corrected chi connectivity index (χ4v) is 3.69. The lowest BCUT2D eigenvalue weighted by Gasteiger charge is -2.36. The Morgan fingerprint density at radius 2 is 1.85 bits per heavy atom. The largest absolute Gasteiger partial charge is 0.381 e. The standard InChI is InChI=1S/C20H28BrN5O2.C5H9Br/c1-16(8-13-28-2)25-9-11-26(12-10-25)19(27)15-23-24-20(22)18(21)14-17-6-4-3-5-7-17;1-3-4-5(2)6/h3-8,14,23H,9-13,15H2,1-2H3,(H2,22,24);3-5H,1-2H3/b16-8+,18-14-;4-3-. The van der Waals surface area contributed by atoms with Crippen LogP contribution in [0.5, 0.6) is 0 Å². The average molecular weight is 599 g/mol. The Morgan fingerprint density at radius 3 is 2.38 bits per heavy atom. The van der Waals surface area contributed by atoms with E-state index in [0.29, 0.717) is 34.8 Å².